The van der Waals surface area contributed by atoms with E-state index in [4.69, 9.17) is 0 Å². The first-order valence-electron chi connectivity index (χ1n) is 7.47. The van der Waals surface area contributed by atoms with Gasteiger partial charge in [-0.1, -0.05) is 17.8 Å². The number of nitro groups is 1. The highest BCUT2D eigenvalue weighted by Crippen LogP contribution is 2.42. The molecule has 8 heteroatoms. The molecule has 1 atom stereocenters. The normalized spacial score (nSPS) is 15.6. The molecule has 1 heterocycles. The van der Waals surface area contributed by atoms with Gasteiger partial charge >= 0.3 is 0 Å². The van der Waals surface area contributed by atoms with E-state index in [1.54, 1.807) is 12.1 Å². The maximum atomic E-state index is 11.0. The van der Waals surface area contributed by atoms with Gasteiger partial charge in [0, 0.05) is 23.4 Å². The van der Waals surface area contributed by atoms with E-state index in [0.717, 1.165) is 29.1 Å². The molecule has 0 bridgehead atoms. The first-order chi connectivity index (χ1) is 11.0. The lowest BCUT2D eigenvalue weighted by Crippen LogP contribution is -2.04. The van der Waals surface area contributed by atoms with Crippen molar-refractivity contribution in [2.75, 3.05) is 0 Å². The molecule has 1 aliphatic rings. The average molecular weight is 334 g/mol. The van der Waals surface area contributed by atoms with Gasteiger partial charge in [-0.15, -0.1) is 10.2 Å². The number of aliphatic hydroxyl groups excluding tert-OH is 1. The van der Waals surface area contributed by atoms with Gasteiger partial charge < -0.3 is 9.67 Å². The van der Waals surface area contributed by atoms with Crippen molar-refractivity contribution in [2.24, 2.45) is 0 Å². The van der Waals surface area contributed by atoms with E-state index in [2.05, 4.69) is 10.2 Å². The Balaban J connectivity index is 1.87. The van der Waals surface area contributed by atoms with Crippen LogP contribution in [-0.4, -0.2) is 24.8 Å². The highest BCUT2D eigenvalue weighted by atomic mass is 32.2. The van der Waals surface area contributed by atoms with Crippen molar-refractivity contribution in [3.8, 4) is 0 Å². The van der Waals surface area contributed by atoms with E-state index in [-0.39, 0.29) is 22.5 Å². The predicted octanol–water partition coefficient (Wildman–Crippen LogP) is 3.18. The second-order valence-electron chi connectivity index (χ2n) is 5.72. The van der Waals surface area contributed by atoms with E-state index in [1.165, 1.54) is 17.8 Å². The zero-order chi connectivity index (χ0) is 16.6. The molecule has 23 heavy (non-hydrogen) atoms. The van der Waals surface area contributed by atoms with Crippen LogP contribution in [-0.2, 0) is 6.61 Å². The quantitative estimate of drug-likeness (QED) is 0.495. The number of aryl methyl sites for hydroxylation is 1. The van der Waals surface area contributed by atoms with Gasteiger partial charge in [-0.05, 0) is 37.8 Å². The monoisotopic (exact) mass is 334 g/mol. The number of hydrogen-bond donors (Lipinski definition) is 1. The number of thioether (sulfide) groups is 1. The van der Waals surface area contributed by atoms with Crippen molar-refractivity contribution in [2.45, 2.75) is 49.7 Å². The van der Waals surface area contributed by atoms with Crippen LogP contribution < -0.4 is 0 Å². The van der Waals surface area contributed by atoms with Gasteiger partial charge in [0.25, 0.3) is 5.69 Å². The van der Waals surface area contributed by atoms with Crippen LogP contribution in [0.3, 0.4) is 0 Å². The Bertz CT molecular complexity index is 742. The van der Waals surface area contributed by atoms with E-state index >= 15 is 0 Å². The summed E-state index contributed by atoms with van der Waals surface area (Å²) in [6.45, 7) is 3.82. The first-order valence-corrected chi connectivity index (χ1v) is 8.35. The minimum atomic E-state index is -0.378. The van der Waals surface area contributed by atoms with Crippen LogP contribution >= 0.6 is 11.8 Å². The number of non-ortho nitro benzene ring substituents is 1. The number of hydrogen-bond acceptors (Lipinski definition) is 6. The third-order valence-corrected chi connectivity index (χ3v) is 5.08. The molecule has 2 aromatic rings. The molecule has 0 amide bonds. The number of aromatic nitrogens is 3. The molecule has 1 aliphatic carbocycles. The molecule has 1 saturated carbocycles. The lowest BCUT2D eigenvalue weighted by atomic mass is 10.1. The molecular formula is C15H18N4O3S. The van der Waals surface area contributed by atoms with Gasteiger partial charge in [-0.25, -0.2) is 0 Å². The summed E-state index contributed by atoms with van der Waals surface area (Å²) in [6.07, 6.45) is 2.14. The van der Waals surface area contributed by atoms with E-state index in [1.807, 2.05) is 18.4 Å². The Hall–Kier alpha value is -1.93. The molecule has 0 radical (unpaired) electrons. The van der Waals surface area contributed by atoms with Crippen molar-refractivity contribution in [1.82, 2.24) is 14.8 Å². The lowest BCUT2D eigenvalue weighted by Gasteiger charge is -2.15. The van der Waals surface area contributed by atoms with Crippen molar-refractivity contribution in [1.29, 1.82) is 0 Å². The summed E-state index contributed by atoms with van der Waals surface area (Å²) in [4.78, 5) is 10.6. The van der Waals surface area contributed by atoms with Crippen molar-refractivity contribution in [3.63, 3.8) is 0 Å². The summed E-state index contributed by atoms with van der Waals surface area (Å²) in [5.74, 6) is 0.581. The summed E-state index contributed by atoms with van der Waals surface area (Å²) in [7, 11) is 0. The standard InChI is InChI=1S/C15H18N4O3S/c1-9-3-4-12(19(21)22)7-13(9)10(2)23-15-17-16-14(8-20)18(15)11-5-6-11/h3-4,7,10-11,20H,5-6,8H2,1-2H3/t10-/m1/s1. The first kappa shape index (κ1) is 15.9. The van der Waals surface area contributed by atoms with Gasteiger partial charge in [-0.3, -0.25) is 10.1 Å². The second kappa shape index (κ2) is 6.29. The van der Waals surface area contributed by atoms with Crippen LogP contribution in [0.1, 0.15) is 48.0 Å². The van der Waals surface area contributed by atoms with Crippen molar-refractivity contribution < 1.29 is 10.0 Å². The largest absolute Gasteiger partial charge is 0.388 e. The van der Waals surface area contributed by atoms with Gasteiger partial charge in [0.15, 0.2) is 11.0 Å². The topological polar surface area (TPSA) is 94.1 Å². The molecule has 7 nitrogen and oxygen atoms in total. The van der Waals surface area contributed by atoms with Gasteiger partial charge in [-0.2, -0.15) is 0 Å². The van der Waals surface area contributed by atoms with Gasteiger partial charge in [0.1, 0.15) is 6.61 Å². The smallest absolute Gasteiger partial charge is 0.269 e. The molecule has 1 N–H and O–H groups in total. The van der Waals surface area contributed by atoms with E-state index in [0.29, 0.717) is 11.9 Å². The Morgan fingerprint density at radius 3 is 2.83 bits per heavy atom. The molecule has 0 aliphatic heterocycles. The Morgan fingerprint density at radius 2 is 2.22 bits per heavy atom. The van der Waals surface area contributed by atoms with E-state index in [9.17, 15) is 15.2 Å². The van der Waals surface area contributed by atoms with Crippen LogP contribution in [0.25, 0.3) is 0 Å². The van der Waals surface area contributed by atoms with Crippen LogP contribution in [0.2, 0.25) is 0 Å². The predicted molar refractivity (Wildman–Crippen MR) is 86.3 cm³/mol. The second-order valence-corrected chi connectivity index (χ2v) is 7.02. The molecule has 0 unspecified atom stereocenters. The fourth-order valence-electron chi connectivity index (χ4n) is 2.60. The molecule has 122 valence electrons. The average Bonchev–Trinajstić information content (AvgIpc) is 3.28. The fraction of sp³-hybridized carbons (Fsp3) is 0.467. The summed E-state index contributed by atoms with van der Waals surface area (Å²) in [5, 5.41) is 29.4. The summed E-state index contributed by atoms with van der Waals surface area (Å²) in [5.41, 5.74) is 2.02. The highest BCUT2D eigenvalue weighted by molar-refractivity contribution is 7.99. The SMILES string of the molecule is Cc1ccc([N+](=O)[O-])cc1[C@@H](C)Sc1nnc(CO)n1C1CC1. The summed E-state index contributed by atoms with van der Waals surface area (Å²) >= 11 is 1.52. The fourth-order valence-corrected chi connectivity index (χ4v) is 3.75. The summed E-state index contributed by atoms with van der Waals surface area (Å²) in [6, 6.07) is 5.29. The third-order valence-electron chi connectivity index (χ3n) is 3.98. The lowest BCUT2D eigenvalue weighted by molar-refractivity contribution is -0.384. The van der Waals surface area contributed by atoms with Gasteiger partial charge in [0.05, 0.1) is 4.92 Å². The van der Waals surface area contributed by atoms with Crippen molar-refractivity contribution >= 4 is 17.4 Å². The maximum Gasteiger partial charge on any atom is 0.269 e. The van der Waals surface area contributed by atoms with Gasteiger partial charge in [0.2, 0.25) is 0 Å². The molecule has 3 rings (SSSR count). The molecule has 0 saturated heterocycles. The van der Waals surface area contributed by atoms with Crippen LogP contribution in [0.4, 0.5) is 5.69 Å². The molecule has 0 spiro atoms. The minimum absolute atomic E-state index is 0.00291. The summed E-state index contributed by atoms with van der Waals surface area (Å²) < 4.78 is 1.99. The minimum Gasteiger partial charge on any atom is -0.388 e. The molecule has 1 aromatic carbocycles. The van der Waals surface area contributed by atoms with Crippen molar-refractivity contribution in [3.05, 3.63) is 45.3 Å². The zero-order valence-corrected chi connectivity index (χ0v) is 13.8. The highest BCUT2D eigenvalue weighted by Gasteiger charge is 2.30. The number of benzene rings is 1. The Labute approximate surface area is 137 Å². The zero-order valence-electron chi connectivity index (χ0n) is 13.0. The number of nitrogens with zero attached hydrogens (tertiary/aromatic N) is 4. The molecule has 1 aromatic heterocycles. The third kappa shape index (κ3) is 3.23. The number of aliphatic hydroxyl groups is 1. The van der Waals surface area contributed by atoms with E-state index < -0.39 is 0 Å². The number of rotatable bonds is 6. The Morgan fingerprint density at radius 1 is 1.48 bits per heavy atom. The Kier molecular flexibility index (Phi) is 4.36. The number of nitro benzene ring substituents is 1. The van der Waals surface area contributed by atoms with Crippen LogP contribution in [0.15, 0.2) is 23.4 Å². The van der Waals surface area contributed by atoms with Crippen LogP contribution in [0.5, 0.6) is 0 Å². The van der Waals surface area contributed by atoms with Crippen LogP contribution in [0, 0.1) is 17.0 Å². The molecule has 1 fully saturated rings. The maximum absolute atomic E-state index is 11.0. The molecular weight excluding hydrogens is 316 g/mol.